The number of nitrogens with zero attached hydrogens (tertiary/aromatic N) is 1. The molecule has 0 aromatic heterocycles. The van der Waals surface area contributed by atoms with Crippen molar-refractivity contribution in [2.45, 2.75) is 27.3 Å². The lowest BCUT2D eigenvalue weighted by Crippen LogP contribution is -1.90. The molecule has 1 aromatic carbocycles. The molecule has 0 aliphatic carbocycles. The van der Waals surface area contributed by atoms with Gasteiger partial charge in [-0.25, -0.2) is 9.79 Å². The molecule has 0 spiro atoms. The highest BCUT2D eigenvalue weighted by Gasteiger charge is 1.99. The molecule has 0 aliphatic rings. The van der Waals surface area contributed by atoms with Crippen LogP contribution in [0.3, 0.4) is 0 Å². The van der Waals surface area contributed by atoms with E-state index in [1.165, 1.54) is 16.7 Å². The number of hydrogen-bond donors (Lipinski definition) is 0. The molecule has 1 rings (SSSR count). The first-order chi connectivity index (χ1) is 6.15. The third kappa shape index (κ3) is 2.27. The molecular formula is C11H13NO. The Morgan fingerprint density at radius 3 is 2.23 bits per heavy atom. The second-order valence-corrected chi connectivity index (χ2v) is 3.26. The maximum Gasteiger partial charge on any atom is 0.235 e. The monoisotopic (exact) mass is 175 g/mol. The van der Waals surface area contributed by atoms with Crippen molar-refractivity contribution in [3.05, 3.63) is 34.4 Å². The van der Waals surface area contributed by atoms with Crippen LogP contribution in [0.1, 0.15) is 22.3 Å². The molecule has 2 heteroatoms. The second-order valence-electron chi connectivity index (χ2n) is 3.26. The van der Waals surface area contributed by atoms with Gasteiger partial charge in [0.15, 0.2) is 0 Å². The topological polar surface area (TPSA) is 29.4 Å². The van der Waals surface area contributed by atoms with Crippen LogP contribution < -0.4 is 0 Å². The summed E-state index contributed by atoms with van der Waals surface area (Å²) < 4.78 is 0. The highest BCUT2D eigenvalue weighted by atomic mass is 16.1. The molecule has 0 amide bonds. The maximum atomic E-state index is 9.92. The van der Waals surface area contributed by atoms with E-state index in [1.807, 2.05) is 0 Å². The molecule has 0 bridgehead atoms. The van der Waals surface area contributed by atoms with Gasteiger partial charge < -0.3 is 0 Å². The van der Waals surface area contributed by atoms with E-state index in [4.69, 9.17) is 0 Å². The van der Waals surface area contributed by atoms with E-state index in [0.717, 1.165) is 5.56 Å². The number of aryl methyl sites for hydroxylation is 2. The average Bonchev–Trinajstić information content (AvgIpc) is 2.10. The SMILES string of the molecule is Cc1cc(CN=C=O)cc(C)c1C. The fourth-order valence-electron chi connectivity index (χ4n) is 1.34. The number of hydrogen-bond acceptors (Lipinski definition) is 2. The van der Waals surface area contributed by atoms with Gasteiger partial charge in [-0.2, -0.15) is 0 Å². The van der Waals surface area contributed by atoms with Crippen molar-refractivity contribution in [3.8, 4) is 0 Å². The lowest BCUT2D eigenvalue weighted by atomic mass is 10.0. The van der Waals surface area contributed by atoms with Gasteiger partial charge >= 0.3 is 0 Å². The number of isocyanates is 1. The Morgan fingerprint density at radius 1 is 1.23 bits per heavy atom. The predicted molar refractivity (Wildman–Crippen MR) is 52.5 cm³/mol. The minimum absolute atomic E-state index is 0.436. The van der Waals surface area contributed by atoms with Gasteiger partial charge in [-0.1, -0.05) is 12.1 Å². The quantitative estimate of drug-likeness (QED) is 0.501. The number of rotatable bonds is 2. The fraction of sp³-hybridized carbons (Fsp3) is 0.364. The Bertz CT molecular complexity index is 339. The largest absolute Gasteiger partial charge is 0.235 e. The third-order valence-electron chi connectivity index (χ3n) is 2.31. The predicted octanol–water partition coefficient (Wildman–Crippen LogP) is 2.45. The molecule has 0 unspecified atom stereocenters. The number of benzene rings is 1. The molecule has 68 valence electrons. The summed E-state index contributed by atoms with van der Waals surface area (Å²) in [4.78, 5) is 13.5. The van der Waals surface area contributed by atoms with E-state index < -0.39 is 0 Å². The van der Waals surface area contributed by atoms with E-state index in [9.17, 15) is 4.79 Å². The zero-order valence-corrected chi connectivity index (χ0v) is 8.22. The van der Waals surface area contributed by atoms with Crippen molar-refractivity contribution in [1.29, 1.82) is 0 Å². The second kappa shape index (κ2) is 4.01. The Hall–Kier alpha value is -1.40. The van der Waals surface area contributed by atoms with Crippen LogP contribution in [0.5, 0.6) is 0 Å². The van der Waals surface area contributed by atoms with Gasteiger partial charge in [0, 0.05) is 0 Å². The third-order valence-corrected chi connectivity index (χ3v) is 2.31. The lowest BCUT2D eigenvalue weighted by molar-refractivity contribution is 0.563. The molecule has 0 aliphatic heterocycles. The van der Waals surface area contributed by atoms with Crippen LogP contribution >= 0.6 is 0 Å². The smallest absolute Gasteiger partial charge is 0.211 e. The first-order valence-corrected chi connectivity index (χ1v) is 4.25. The van der Waals surface area contributed by atoms with Crippen molar-refractivity contribution in [2.75, 3.05) is 0 Å². The van der Waals surface area contributed by atoms with E-state index in [0.29, 0.717) is 6.54 Å². The van der Waals surface area contributed by atoms with E-state index >= 15 is 0 Å². The number of carbonyl (C=O) groups excluding carboxylic acids is 1. The van der Waals surface area contributed by atoms with E-state index in [1.54, 1.807) is 6.08 Å². The Balaban J connectivity index is 3.05. The summed E-state index contributed by atoms with van der Waals surface area (Å²) in [6, 6.07) is 4.12. The molecule has 0 saturated carbocycles. The first-order valence-electron chi connectivity index (χ1n) is 4.25. The van der Waals surface area contributed by atoms with E-state index in [-0.39, 0.29) is 0 Å². The van der Waals surface area contributed by atoms with Gasteiger partial charge in [-0.05, 0) is 43.0 Å². The molecule has 0 saturated heterocycles. The summed E-state index contributed by atoms with van der Waals surface area (Å²) >= 11 is 0. The maximum absolute atomic E-state index is 9.92. The highest BCUT2D eigenvalue weighted by molar-refractivity contribution is 5.38. The van der Waals surface area contributed by atoms with Crippen molar-refractivity contribution in [2.24, 2.45) is 4.99 Å². The summed E-state index contributed by atoms with van der Waals surface area (Å²) in [5.74, 6) is 0. The fourth-order valence-corrected chi connectivity index (χ4v) is 1.34. The minimum atomic E-state index is 0.436. The summed E-state index contributed by atoms with van der Waals surface area (Å²) in [7, 11) is 0. The van der Waals surface area contributed by atoms with Crippen molar-refractivity contribution < 1.29 is 4.79 Å². The van der Waals surface area contributed by atoms with Crippen LogP contribution in [0.4, 0.5) is 0 Å². The molecule has 0 fully saturated rings. The van der Waals surface area contributed by atoms with Gasteiger partial charge in [0.1, 0.15) is 0 Å². The summed E-state index contributed by atoms with van der Waals surface area (Å²) in [5.41, 5.74) is 4.87. The van der Waals surface area contributed by atoms with Crippen LogP contribution in [0.2, 0.25) is 0 Å². The van der Waals surface area contributed by atoms with Crippen molar-refractivity contribution in [3.63, 3.8) is 0 Å². The average molecular weight is 175 g/mol. The van der Waals surface area contributed by atoms with Crippen LogP contribution in [-0.4, -0.2) is 6.08 Å². The standard InChI is InChI=1S/C11H13NO/c1-8-4-11(6-12-7-13)5-9(2)10(8)3/h4-5H,6H2,1-3H3. The molecule has 0 N–H and O–H groups in total. The summed E-state index contributed by atoms with van der Waals surface area (Å²) in [6.45, 7) is 6.66. The van der Waals surface area contributed by atoms with E-state index in [2.05, 4.69) is 37.9 Å². The lowest BCUT2D eigenvalue weighted by Gasteiger charge is -2.06. The van der Waals surface area contributed by atoms with Gasteiger partial charge in [-0.3, -0.25) is 0 Å². The highest BCUT2D eigenvalue weighted by Crippen LogP contribution is 2.15. The molecule has 0 heterocycles. The zero-order chi connectivity index (χ0) is 9.84. The van der Waals surface area contributed by atoms with Crippen LogP contribution in [0.25, 0.3) is 0 Å². The normalized spacial score (nSPS) is 9.46. The number of aliphatic imine (C=N–C) groups is 1. The zero-order valence-electron chi connectivity index (χ0n) is 8.22. The summed E-state index contributed by atoms with van der Waals surface area (Å²) in [6.07, 6.45) is 1.54. The Kier molecular flexibility index (Phi) is 2.99. The Labute approximate surface area is 78.3 Å². The van der Waals surface area contributed by atoms with Crippen molar-refractivity contribution in [1.82, 2.24) is 0 Å². The minimum Gasteiger partial charge on any atom is -0.211 e. The van der Waals surface area contributed by atoms with Gasteiger partial charge in [0.05, 0.1) is 6.54 Å². The van der Waals surface area contributed by atoms with Crippen LogP contribution in [0.15, 0.2) is 17.1 Å². The first kappa shape index (κ1) is 9.69. The Morgan fingerprint density at radius 2 is 1.77 bits per heavy atom. The molecule has 2 nitrogen and oxygen atoms in total. The van der Waals surface area contributed by atoms with Crippen molar-refractivity contribution >= 4 is 6.08 Å². The van der Waals surface area contributed by atoms with Crippen LogP contribution in [-0.2, 0) is 11.3 Å². The van der Waals surface area contributed by atoms with Gasteiger partial charge in [0.25, 0.3) is 0 Å². The van der Waals surface area contributed by atoms with Gasteiger partial charge in [0.2, 0.25) is 6.08 Å². The molecule has 13 heavy (non-hydrogen) atoms. The summed E-state index contributed by atoms with van der Waals surface area (Å²) in [5, 5.41) is 0. The molecule has 0 atom stereocenters. The molecular weight excluding hydrogens is 162 g/mol. The van der Waals surface area contributed by atoms with Crippen LogP contribution in [0, 0.1) is 20.8 Å². The molecule has 1 aromatic rings. The van der Waals surface area contributed by atoms with Gasteiger partial charge in [-0.15, -0.1) is 0 Å². The molecule has 0 radical (unpaired) electrons.